The van der Waals surface area contributed by atoms with Crippen LogP contribution in [0.2, 0.25) is 0 Å². The average Bonchev–Trinajstić information content (AvgIpc) is 3.17. The standard InChI is InChI=1S/C34H20N6.C4H8.C3H5N/c1-5-28(25-12-23(26-14-36-19-37-15-26)11-24(13-25)27-16-38-20-39-17-27)30-7-3-22-2-6-29(32-18-35-9-10-40-32)31-8-4-21(1)33(30)34(22)31;1-3-4-2;1-2-3-4/h1-20H;3-4H,1-2H3;2-4H,1H2/b;4-3-;. The van der Waals surface area contributed by atoms with Crippen molar-refractivity contribution in [3.63, 3.8) is 0 Å². The summed E-state index contributed by atoms with van der Waals surface area (Å²) in [6.07, 6.45) is 22.3. The Labute approximate surface area is 279 Å². The van der Waals surface area contributed by atoms with Crippen molar-refractivity contribution in [2.75, 3.05) is 0 Å². The Morgan fingerprint density at radius 2 is 1.02 bits per heavy atom. The largest absolute Gasteiger partial charge is 0.309 e. The molecular formula is C41H33N7. The van der Waals surface area contributed by atoms with Crippen LogP contribution in [0.5, 0.6) is 0 Å². The van der Waals surface area contributed by atoms with Crippen LogP contribution < -0.4 is 0 Å². The lowest BCUT2D eigenvalue weighted by atomic mass is 9.87. The topological polar surface area (TPSA) is 101 Å². The molecule has 3 heterocycles. The van der Waals surface area contributed by atoms with Crippen LogP contribution in [0.25, 0.3) is 77.0 Å². The van der Waals surface area contributed by atoms with Crippen molar-refractivity contribution in [1.29, 1.82) is 5.41 Å². The minimum absolute atomic E-state index is 0.869. The highest BCUT2D eigenvalue weighted by atomic mass is 14.8. The second kappa shape index (κ2) is 14.7. The molecule has 0 atom stereocenters. The van der Waals surface area contributed by atoms with Gasteiger partial charge < -0.3 is 5.41 Å². The molecule has 0 saturated carbocycles. The van der Waals surface area contributed by atoms with Crippen molar-refractivity contribution < 1.29 is 0 Å². The lowest BCUT2D eigenvalue weighted by Crippen LogP contribution is -1.92. The van der Waals surface area contributed by atoms with E-state index < -0.39 is 0 Å². The molecule has 0 fully saturated rings. The average molecular weight is 624 g/mol. The number of nitrogens with zero attached hydrogens (tertiary/aromatic N) is 6. The first-order chi connectivity index (χ1) is 23.7. The van der Waals surface area contributed by atoms with E-state index >= 15 is 0 Å². The van der Waals surface area contributed by atoms with Crippen molar-refractivity contribution in [3.8, 4) is 44.6 Å². The number of aromatic nitrogens is 6. The van der Waals surface area contributed by atoms with Gasteiger partial charge in [0.05, 0.1) is 11.9 Å². The van der Waals surface area contributed by atoms with E-state index in [0.29, 0.717) is 0 Å². The number of benzene rings is 5. The number of nitrogens with one attached hydrogen (secondary N) is 1. The third-order valence-corrected chi connectivity index (χ3v) is 7.99. The van der Waals surface area contributed by atoms with Gasteiger partial charge >= 0.3 is 0 Å². The van der Waals surface area contributed by atoms with Gasteiger partial charge in [0.1, 0.15) is 12.7 Å². The predicted molar refractivity (Wildman–Crippen MR) is 198 cm³/mol. The van der Waals surface area contributed by atoms with E-state index in [4.69, 9.17) is 5.41 Å². The third-order valence-electron chi connectivity index (χ3n) is 7.99. The van der Waals surface area contributed by atoms with Gasteiger partial charge in [-0.3, -0.25) is 9.97 Å². The van der Waals surface area contributed by atoms with Gasteiger partial charge in [-0.2, -0.15) is 0 Å². The monoisotopic (exact) mass is 623 g/mol. The molecule has 0 aliphatic carbocycles. The summed E-state index contributed by atoms with van der Waals surface area (Å²) in [5, 5.41) is 13.5. The Hall–Kier alpha value is -6.47. The van der Waals surface area contributed by atoms with Gasteiger partial charge in [-0.25, -0.2) is 19.9 Å². The highest BCUT2D eigenvalue weighted by Gasteiger charge is 2.16. The number of rotatable bonds is 5. The van der Waals surface area contributed by atoms with Crippen LogP contribution in [-0.4, -0.2) is 36.1 Å². The number of hydrogen-bond donors (Lipinski definition) is 1. The van der Waals surface area contributed by atoms with Crippen LogP contribution >= 0.6 is 0 Å². The second-order valence-corrected chi connectivity index (χ2v) is 10.9. The first-order valence-corrected chi connectivity index (χ1v) is 15.5. The molecular weight excluding hydrogens is 591 g/mol. The maximum Gasteiger partial charge on any atom is 0.115 e. The van der Waals surface area contributed by atoms with E-state index in [1.165, 1.54) is 38.4 Å². The van der Waals surface area contributed by atoms with Gasteiger partial charge in [0, 0.05) is 60.1 Å². The van der Waals surface area contributed by atoms with Crippen LogP contribution in [0, 0.1) is 5.41 Å². The predicted octanol–water partition coefficient (Wildman–Crippen LogP) is 10.0. The summed E-state index contributed by atoms with van der Waals surface area (Å²) in [7, 11) is 0. The van der Waals surface area contributed by atoms with Crippen molar-refractivity contribution >= 4 is 38.5 Å². The highest BCUT2D eigenvalue weighted by molar-refractivity contribution is 6.27. The van der Waals surface area contributed by atoms with Gasteiger partial charge in [0.15, 0.2) is 0 Å². The SMILES string of the molecule is C/C=C\C.C=CC=N.c1cnc(-c2ccc3ccc4c(-c5cc(-c6cncnc6)cc(-c6cncnc6)c5)ccc5ccc2c3c54)cn1. The first kappa shape index (κ1) is 31.5. The molecule has 7 heteroatoms. The summed E-state index contributed by atoms with van der Waals surface area (Å²) >= 11 is 0. The fourth-order valence-electron chi connectivity index (χ4n) is 5.73. The third kappa shape index (κ3) is 6.43. The van der Waals surface area contributed by atoms with Gasteiger partial charge in [-0.05, 0) is 86.6 Å². The van der Waals surface area contributed by atoms with Crippen LogP contribution in [0.4, 0.5) is 0 Å². The fourth-order valence-corrected chi connectivity index (χ4v) is 5.73. The summed E-state index contributed by atoms with van der Waals surface area (Å²) in [4.78, 5) is 25.9. The van der Waals surface area contributed by atoms with Gasteiger partial charge in [0.2, 0.25) is 0 Å². The quantitative estimate of drug-likeness (QED) is 0.116. The summed E-state index contributed by atoms with van der Waals surface area (Å²) in [5.41, 5.74) is 8.18. The Morgan fingerprint density at radius 1 is 0.542 bits per heavy atom. The molecule has 8 rings (SSSR count). The molecule has 0 spiro atoms. The molecule has 48 heavy (non-hydrogen) atoms. The maximum absolute atomic E-state index is 6.21. The molecule has 5 aromatic carbocycles. The Balaban J connectivity index is 0.000000455. The molecule has 0 aliphatic rings. The molecule has 8 aromatic rings. The summed E-state index contributed by atoms with van der Waals surface area (Å²) in [5.74, 6) is 0. The van der Waals surface area contributed by atoms with Crippen LogP contribution in [0.15, 0.2) is 148 Å². The molecule has 0 unspecified atom stereocenters. The fraction of sp³-hybridized carbons (Fsp3) is 0.0488. The smallest absolute Gasteiger partial charge is 0.115 e. The Morgan fingerprint density at radius 3 is 1.50 bits per heavy atom. The summed E-state index contributed by atoms with van der Waals surface area (Å²) in [6, 6.07) is 24.2. The Bertz CT molecular complexity index is 2270. The van der Waals surface area contributed by atoms with Crippen molar-refractivity contribution in [2.24, 2.45) is 0 Å². The summed E-state index contributed by atoms with van der Waals surface area (Å²) in [6.45, 7) is 7.24. The lowest BCUT2D eigenvalue weighted by molar-refractivity contribution is 1.17. The molecule has 1 N–H and O–H groups in total. The molecule has 0 saturated heterocycles. The first-order valence-electron chi connectivity index (χ1n) is 15.5. The van der Waals surface area contributed by atoms with E-state index in [-0.39, 0.29) is 0 Å². The van der Waals surface area contributed by atoms with Crippen molar-refractivity contribution in [1.82, 2.24) is 29.9 Å². The van der Waals surface area contributed by atoms with Crippen LogP contribution in [0.1, 0.15) is 13.8 Å². The summed E-state index contributed by atoms with van der Waals surface area (Å²) < 4.78 is 0. The highest BCUT2D eigenvalue weighted by Crippen LogP contribution is 2.43. The molecule has 7 nitrogen and oxygen atoms in total. The minimum Gasteiger partial charge on any atom is -0.309 e. The van der Waals surface area contributed by atoms with Crippen LogP contribution in [0.3, 0.4) is 0 Å². The molecule has 0 aliphatic heterocycles. The molecule has 232 valence electrons. The zero-order valence-corrected chi connectivity index (χ0v) is 26.7. The van der Waals surface area contributed by atoms with Gasteiger partial charge in [-0.1, -0.05) is 73.3 Å². The minimum atomic E-state index is 0.869. The normalized spacial score (nSPS) is 10.8. The van der Waals surface area contributed by atoms with E-state index in [0.717, 1.165) is 50.9 Å². The van der Waals surface area contributed by atoms with Gasteiger partial charge in [0.25, 0.3) is 0 Å². The van der Waals surface area contributed by atoms with Crippen molar-refractivity contribution in [3.05, 3.63) is 148 Å². The maximum atomic E-state index is 6.21. The van der Waals surface area contributed by atoms with E-state index in [1.54, 1.807) is 25.0 Å². The van der Waals surface area contributed by atoms with Crippen LogP contribution in [-0.2, 0) is 0 Å². The molecule has 3 aromatic heterocycles. The van der Waals surface area contributed by atoms with E-state index in [2.05, 4.69) is 103 Å². The molecule has 0 amide bonds. The molecule has 0 bridgehead atoms. The van der Waals surface area contributed by atoms with E-state index in [9.17, 15) is 0 Å². The molecule has 0 radical (unpaired) electrons. The Kier molecular flexibility index (Phi) is 9.68. The van der Waals surface area contributed by atoms with E-state index in [1.807, 2.05) is 57.0 Å². The van der Waals surface area contributed by atoms with Gasteiger partial charge in [-0.15, -0.1) is 0 Å². The zero-order chi connectivity index (χ0) is 33.3. The number of allylic oxidation sites excluding steroid dienone is 3. The lowest BCUT2D eigenvalue weighted by Gasteiger charge is -2.17. The van der Waals surface area contributed by atoms with Crippen molar-refractivity contribution in [2.45, 2.75) is 13.8 Å². The number of hydrogen-bond acceptors (Lipinski definition) is 7. The second-order valence-electron chi connectivity index (χ2n) is 10.9. The zero-order valence-electron chi connectivity index (χ0n) is 26.7.